The number of hydrogen-bond donors (Lipinski definition) is 1. The normalized spacial score (nSPS) is 10.4. The monoisotopic (exact) mass is 223 g/mol. The molecular weight excluding hydrogens is 206 g/mol. The predicted octanol–water partition coefficient (Wildman–Crippen LogP) is 2.66. The molecule has 0 radical (unpaired) electrons. The fourth-order valence-corrected chi connectivity index (χ4v) is 1.35. The van der Waals surface area contributed by atoms with Crippen LogP contribution in [0.15, 0.2) is 18.2 Å². The Hall–Kier alpha value is -1.09. The van der Waals surface area contributed by atoms with Crippen molar-refractivity contribution in [3.63, 3.8) is 0 Å². The van der Waals surface area contributed by atoms with Crippen LogP contribution in [0.1, 0.15) is 25.0 Å². The van der Waals surface area contributed by atoms with E-state index in [1.807, 2.05) is 25.1 Å². The van der Waals surface area contributed by atoms with Crippen molar-refractivity contribution in [3.8, 4) is 5.75 Å². The molecule has 1 rings (SSSR count). The lowest BCUT2D eigenvalue weighted by atomic mass is 10.1. The summed E-state index contributed by atoms with van der Waals surface area (Å²) in [5.74, 6) is 1.43. The largest absolute Gasteiger partial charge is 0.493 e. The molecule has 0 aliphatic carbocycles. The summed E-state index contributed by atoms with van der Waals surface area (Å²) in [5, 5.41) is 0. The van der Waals surface area contributed by atoms with Crippen molar-refractivity contribution >= 4 is 17.2 Å². The quantitative estimate of drug-likeness (QED) is 0.797. The lowest BCUT2D eigenvalue weighted by Gasteiger charge is -2.11. The first kappa shape index (κ1) is 12.0. The highest BCUT2D eigenvalue weighted by atomic mass is 32.1. The molecule has 82 valence electrons. The third-order valence-corrected chi connectivity index (χ3v) is 2.27. The van der Waals surface area contributed by atoms with Gasteiger partial charge in [-0.2, -0.15) is 0 Å². The van der Waals surface area contributed by atoms with E-state index in [4.69, 9.17) is 22.7 Å². The zero-order valence-corrected chi connectivity index (χ0v) is 10.2. The van der Waals surface area contributed by atoms with Gasteiger partial charge in [0, 0.05) is 5.56 Å². The van der Waals surface area contributed by atoms with Gasteiger partial charge in [0.1, 0.15) is 10.7 Å². The third-order valence-electron chi connectivity index (χ3n) is 2.03. The summed E-state index contributed by atoms with van der Waals surface area (Å²) in [7, 11) is 0. The number of benzene rings is 1. The minimum Gasteiger partial charge on any atom is -0.493 e. The topological polar surface area (TPSA) is 35.2 Å². The van der Waals surface area contributed by atoms with Gasteiger partial charge in [0.15, 0.2) is 0 Å². The van der Waals surface area contributed by atoms with Crippen LogP contribution in [0, 0.1) is 12.8 Å². The van der Waals surface area contributed by atoms with Crippen molar-refractivity contribution in [2.75, 3.05) is 6.61 Å². The van der Waals surface area contributed by atoms with Crippen molar-refractivity contribution < 1.29 is 4.74 Å². The Kier molecular flexibility index (Phi) is 4.09. The molecule has 2 nitrogen and oxygen atoms in total. The van der Waals surface area contributed by atoms with Gasteiger partial charge in [-0.25, -0.2) is 0 Å². The molecule has 0 aliphatic rings. The van der Waals surface area contributed by atoms with E-state index < -0.39 is 0 Å². The van der Waals surface area contributed by atoms with E-state index in [9.17, 15) is 0 Å². The average Bonchev–Trinajstić information content (AvgIpc) is 2.15. The molecule has 2 N–H and O–H groups in total. The zero-order valence-electron chi connectivity index (χ0n) is 9.41. The summed E-state index contributed by atoms with van der Waals surface area (Å²) < 4.78 is 5.65. The molecule has 0 aliphatic heterocycles. The first-order valence-electron chi connectivity index (χ1n) is 5.04. The fraction of sp³-hybridized carbons (Fsp3) is 0.417. The van der Waals surface area contributed by atoms with Crippen molar-refractivity contribution in [2.24, 2.45) is 11.7 Å². The van der Waals surface area contributed by atoms with Gasteiger partial charge in [0.25, 0.3) is 0 Å². The van der Waals surface area contributed by atoms with Crippen molar-refractivity contribution in [1.82, 2.24) is 0 Å². The van der Waals surface area contributed by atoms with E-state index in [1.54, 1.807) is 0 Å². The fourth-order valence-electron chi connectivity index (χ4n) is 1.22. The molecule has 1 aromatic carbocycles. The van der Waals surface area contributed by atoms with Gasteiger partial charge in [-0.05, 0) is 36.6 Å². The van der Waals surface area contributed by atoms with Crippen LogP contribution in [-0.4, -0.2) is 11.6 Å². The van der Waals surface area contributed by atoms with Crippen LogP contribution in [0.25, 0.3) is 0 Å². The second-order valence-corrected chi connectivity index (χ2v) is 4.49. The Morgan fingerprint density at radius 3 is 2.60 bits per heavy atom. The number of nitrogens with two attached hydrogens (primary N) is 1. The molecule has 0 aromatic heterocycles. The standard InChI is InChI=1S/C12H17NOS/c1-8(2)7-14-11-5-4-10(12(13)15)6-9(11)3/h4-6,8H,7H2,1-3H3,(H2,13,15). The van der Waals surface area contributed by atoms with Gasteiger partial charge in [0.05, 0.1) is 6.61 Å². The molecule has 0 heterocycles. The lowest BCUT2D eigenvalue weighted by molar-refractivity contribution is 0.269. The van der Waals surface area contributed by atoms with E-state index in [-0.39, 0.29) is 0 Å². The maximum atomic E-state index is 5.65. The van der Waals surface area contributed by atoms with Gasteiger partial charge >= 0.3 is 0 Å². The summed E-state index contributed by atoms with van der Waals surface area (Å²) in [6, 6.07) is 5.77. The SMILES string of the molecule is Cc1cc(C(N)=S)ccc1OCC(C)C. The third kappa shape index (κ3) is 3.51. The molecule has 0 amide bonds. The Balaban J connectivity index is 2.79. The molecule has 0 bridgehead atoms. The number of hydrogen-bond acceptors (Lipinski definition) is 2. The Morgan fingerprint density at radius 1 is 1.47 bits per heavy atom. The van der Waals surface area contributed by atoms with Crippen LogP contribution in [0.2, 0.25) is 0 Å². The Labute approximate surface area is 96.4 Å². The number of rotatable bonds is 4. The molecule has 15 heavy (non-hydrogen) atoms. The van der Waals surface area contributed by atoms with E-state index in [1.165, 1.54) is 0 Å². The molecule has 1 aromatic rings. The summed E-state index contributed by atoms with van der Waals surface area (Å²) in [6.45, 7) is 6.97. The minimum atomic E-state index is 0.425. The molecule has 0 unspecified atom stereocenters. The van der Waals surface area contributed by atoms with E-state index in [0.717, 1.165) is 23.5 Å². The number of aryl methyl sites for hydroxylation is 1. The second-order valence-electron chi connectivity index (χ2n) is 4.05. The van der Waals surface area contributed by atoms with Crippen LogP contribution < -0.4 is 10.5 Å². The first-order valence-corrected chi connectivity index (χ1v) is 5.44. The Bertz CT molecular complexity index is 361. The summed E-state index contributed by atoms with van der Waals surface area (Å²) in [4.78, 5) is 0.425. The smallest absolute Gasteiger partial charge is 0.122 e. The molecule has 3 heteroatoms. The second kappa shape index (κ2) is 5.12. The summed E-state index contributed by atoms with van der Waals surface area (Å²) in [5.41, 5.74) is 7.50. The van der Waals surface area contributed by atoms with Crippen LogP contribution in [-0.2, 0) is 0 Å². The van der Waals surface area contributed by atoms with Gasteiger partial charge < -0.3 is 10.5 Å². The van der Waals surface area contributed by atoms with E-state index >= 15 is 0 Å². The molecule has 0 spiro atoms. The van der Waals surface area contributed by atoms with E-state index in [2.05, 4.69) is 13.8 Å². The minimum absolute atomic E-state index is 0.425. The summed E-state index contributed by atoms with van der Waals surface area (Å²) in [6.07, 6.45) is 0. The molecule has 0 atom stereocenters. The van der Waals surface area contributed by atoms with Crippen LogP contribution in [0.5, 0.6) is 5.75 Å². The zero-order chi connectivity index (χ0) is 11.4. The molecule has 0 fully saturated rings. The van der Waals surface area contributed by atoms with Gasteiger partial charge in [-0.1, -0.05) is 26.1 Å². The highest BCUT2D eigenvalue weighted by molar-refractivity contribution is 7.80. The number of thiocarbonyl (C=S) groups is 1. The highest BCUT2D eigenvalue weighted by Gasteiger charge is 2.03. The molecule has 0 saturated carbocycles. The first-order chi connectivity index (χ1) is 7.00. The van der Waals surface area contributed by atoms with Crippen LogP contribution >= 0.6 is 12.2 Å². The average molecular weight is 223 g/mol. The van der Waals surface area contributed by atoms with Gasteiger partial charge in [0.2, 0.25) is 0 Å². The Morgan fingerprint density at radius 2 is 2.13 bits per heavy atom. The van der Waals surface area contributed by atoms with E-state index in [0.29, 0.717) is 10.9 Å². The highest BCUT2D eigenvalue weighted by Crippen LogP contribution is 2.19. The van der Waals surface area contributed by atoms with Gasteiger partial charge in [-0.15, -0.1) is 0 Å². The maximum Gasteiger partial charge on any atom is 0.122 e. The summed E-state index contributed by atoms with van der Waals surface area (Å²) >= 11 is 4.91. The maximum absolute atomic E-state index is 5.65. The molecular formula is C12H17NOS. The number of ether oxygens (including phenoxy) is 1. The van der Waals surface area contributed by atoms with Crippen molar-refractivity contribution in [3.05, 3.63) is 29.3 Å². The molecule has 0 saturated heterocycles. The van der Waals surface area contributed by atoms with Gasteiger partial charge in [-0.3, -0.25) is 0 Å². The van der Waals surface area contributed by atoms with Crippen LogP contribution in [0.4, 0.5) is 0 Å². The van der Waals surface area contributed by atoms with Crippen molar-refractivity contribution in [2.45, 2.75) is 20.8 Å². The predicted molar refractivity (Wildman–Crippen MR) is 67.4 cm³/mol. The lowest BCUT2D eigenvalue weighted by Crippen LogP contribution is -2.10. The van der Waals surface area contributed by atoms with Crippen molar-refractivity contribution in [1.29, 1.82) is 0 Å². The van der Waals surface area contributed by atoms with Crippen LogP contribution in [0.3, 0.4) is 0 Å².